The van der Waals surface area contributed by atoms with E-state index in [1.165, 1.54) is 24.3 Å². The van der Waals surface area contributed by atoms with E-state index in [0.717, 1.165) is 0 Å². The van der Waals surface area contributed by atoms with Gasteiger partial charge in [0.1, 0.15) is 11.6 Å². The van der Waals surface area contributed by atoms with Crippen LogP contribution in [0.3, 0.4) is 0 Å². The van der Waals surface area contributed by atoms with Crippen LogP contribution in [0.2, 0.25) is 0 Å². The largest absolute Gasteiger partial charge is 0.339 e. The molecule has 1 aromatic carbocycles. The molecule has 0 saturated carbocycles. The maximum absolute atomic E-state index is 12.9. The minimum atomic E-state index is -3.52. The van der Waals surface area contributed by atoms with E-state index >= 15 is 0 Å². The highest BCUT2D eigenvalue weighted by Gasteiger charge is 2.27. The molecule has 0 aliphatic carbocycles. The SMILES string of the molecule is CC(c1ccc(F)cc1)S(=O)(=O)Cc1noc(C(C)(C)C)n1. The fourth-order valence-corrected chi connectivity index (χ4v) is 3.16. The first kappa shape index (κ1) is 16.6. The zero-order chi connectivity index (χ0) is 16.5. The van der Waals surface area contributed by atoms with Gasteiger partial charge in [-0.2, -0.15) is 4.98 Å². The van der Waals surface area contributed by atoms with Crippen LogP contribution in [0.5, 0.6) is 0 Å². The van der Waals surface area contributed by atoms with E-state index < -0.39 is 20.9 Å². The minimum Gasteiger partial charge on any atom is -0.339 e. The molecule has 1 aromatic heterocycles. The molecule has 1 atom stereocenters. The summed E-state index contributed by atoms with van der Waals surface area (Å²) in [4.78, 5) is 4.14. The summed E-state index contributed by atoms with van der Waals surface area (Å²) in [5, 5.41) is 2.96. The highest BCUT2D eigenvalue weighted by atomic mass is 32.2. The Morgan fingerprint density at radius 1 is 1.23 bits per heavy atom. The summed E-state index contributed by atoms with van der Waals surface area (Å²) >= 11 is 0. The molecule has 1 heterocycles. The van der Waals surface area contributed by atoms with Crippen molar-refractivity contribution >= 4 is 9.84 Å². The predicted molar refractivity (Wildman–Crippen MR) is 80.4 cm³/mol. The predicted octanol–water partition coefficient (Wildman–Crippen LogP) is 3.18. The number of rotatable bonds is 4. The molecule has 0 amide bonds. The van der Waals surface area contributed by atoms with Crippen molar-refractivity contribution in [2.45, 2.75) is 44.1 Å². The Morgan fingerprint density at radius 3 is 2.32 bits per heavy atom. The van der Waals surface area contributed by atoms with Crippen molar-refractivity contribution in [2.24, 2.45) is 0 Å². The van der Waals surface area contributed by atoms with Crippen molar-refractivity contribution in [3.63, 3.8) is 0 Å². The third kappa shape index (κ3) is 3.71. The van der Waals surface area contributed by atoms with Gasteiger partial charge >= 0.3 is 0 Å². The van der Waals surface area contributed by atoms with E-state index in [9.17, 15) is 12.8 Å². The lowest BCUT2D eigenvalue weighted by atomic mass is 9.97. The Kier molecular flexibility index (Phi) is 4.37. The van der Waals surface area contributed by atoms with Gasteiger partial charge in [0.25, 0.3) is 0 Å². The van der Waals surface area contributed by atoms with Crippen LogP contribution in [0.4, 0.5) is 4.39 Å². The van der Waals surface area contributed by atoms with Crippen molar-refractivity contribution in [3.8, 4) is 0 Å². The van der Waals surface area contributed by atoms with E-state index in [0.29, 0.717) is 11.5 Å². The lowest BCUT2D eigenvalue weighted by Gasteiger charge is -2.12. The van der Waals surface area contributed by atoms with Crippen LogP contribution >= 0.6 is 0 Å². The number of halogens is 1. The maximum Gasteiger partial charge on any atom is 0.232 e. The molecule has 0 saturated heterocycles. The van der Waals surface area contributed by atoms with Crippen LogP contribution in [0.25, 0.3) is 0 Å². The van der Waals surface area contributed by atoms with Crippen molar-refractivity contribution in [1.82, 2.24) is 10.1 Å². The standard InChI is InChI=1S/C15H19FN2O3S/c1-10(11-5-7-12(16)8-6-11)22(19,20)9-13-17-14(21-18-13)15(2,3)4/h5-8,10H,9H2,1-4H3. The lowest BCUT2D eigenvalue weighted by Crippen LogP contribution is -2.15. The Morgan fingerprint density at radius 2 is 1.82 bits per heavy atom. The van der Waals surface area contributed by atoms with Gasteiger partial charge in [0.2, 0.25) is 5.89 Å². The smallest absolute Gasteiger partial charge is 0.232 e. The second kappa shape index (κ2) is 5.79. The molecular weight excluding hydrogens is 307 g/mol. The van der Waals surface area contributed by atoms with E-state index in [1.54, 1.807) is 6.92 Å². The first-order valence-electron chi connectivity index (χ1n) is 6.90. The number of sulfone groups is 1. The van der Waals surface area contributed by atoms with Crippen LogP contribution in [0.1, 0.15) is 50.2 Å². The summed E-state index contributed by atoms with van der Waals surface area (Å²) < 4.78 is 42.9. The van der Waals surface area contributed by atoms with E-state index in [-0.39, 0.29) is 17.0 Å². The Balaban J connectivity index is 2.20. The molecule has 2 rings (SSSR count). The zero-order valence-electron chi connectivity index (χ0n) is 13.0. The number of hydrogen-bond acceptors (Lipinski definition) is 5. The molecule has 2 aromatic rings. The van der Waals surface area contributed by atoms with E-state index in [1.807, 2.05) is 20.8 Å². The molecular formula is C15H19FN2O3S. The first-order valence-corrected chi connectivity index (χ1v) is 8.61. The molecule has 5 nitrogen and oxygen atoms in total. The second-order valence-electron chi connectivity index (χ2n) is 6.27. The highest BCUT2D eigenvalue weighted by Crippen LogP contribution is 2.26. The topological polar surface area (TPSA) is 73.1 Å². The van der Waals surface area contributed by atoms with Crippen molar-refractivity contribution < 1.29 is 17.3 Å². The Labute approximate surface area is 129 Å². The third-order valence-electron chi connectivity index (χ3n) is 3.32. The van der Waals surface area contributed by atoms with Gasteiger partial charge in [0, 0.05) is 5.41 Å². The van der Waals surface area contributed by atoms with Crippen LogP contribution < -0.4 is 0 Å². The normalized spacial score (nSPS) is 14.0. The summed E-state index contributed by atoms with van der Waals surface area (Å²) in [5.41, 5.74) is 0.193. The molecule has 0 aliphatic rings. The van der Waals surface area contributed by atoms with Gasteiger partial charge in [-0.05, 0) is 24.6 Å². The molecule has 0 fully saturated rings. The second-order valence-corrected chi connectivity index (χ2v) is 8.59. The van der Waals surface area contributed by atoms with Gasteiger partial charge in [0.15, 0.2) is 15.7 Å². The molecule has 0 spiro atoms. The average Bonchev–Trinajstić information content (AvgIpc) is 2.86. The quantitative estimate of drug-likeness (QED) is 0.863. The third-order valence-corrected chi connectivity index (χ3v) is 5.33. The van der Waals surface area contributed by atoms with E-state index in [2.05, 4.69) is 10.1 Å². The minimum absolute atomic E-state index is 0.138. The summed E-state index contributed by atoms with van der Waals surface area (Å²) in [6.45, 7) is 7.27. The van der Waals surface area contributed by atoms with Gasteiger partial charge in [-0.3, -0.25) is 0 Å². The summed E-state index contributed by atoms with van der Waals surface area (Å²) in [6, 6.07) is 5.42. The van der Waals surface area contributed by atoms with Crippen LogP contribution in [-0.4, -0.2) is 18.6 Å². The Bertz CT molecular complexity index is 746. The van der Waals surface area contributed by atoms with Gasteiger partial charge in [-0.1, -0.05) is 38.1 Å². The number of nitrogens with zero attached hydrogens (tertiary/aromatic N) is 2. The van der Waals surface area contributed by atoms with Crippen molar-refractivity contribution in [3.05, 3.63) is 47.4 Å². The van der Waals surface area contributed by atoms with Gasteiger partial charge in [0.05, 0.1) is 5.25 Å². The number of hydrogen-bond donors (Lipinski definition) is 0. The molecule has 0 radical (unpaired) electrons. The number of aromatic nitrogens is 2. The molecule has 0 bridgehead atoms. The fourth-order valence-electron chi connectivity index (χ4n) is 1.86. The first-order chi connectivity index (χ1) is 10.1. The van der Waals surface area contributed by atoms with Gasteiger partial charge < -0.3 is 4.52 Å². The van der Waals surface area contributed by atoms with Crippen LogP contribution in [-0.2, 0) is 21.0 Å². The highest BCUT2D eigenvalue weighted by molar-refractivity contribution is 7.90. The number of benzene rings is 1. The molecule has 120 valence electrons. The van der Waals surface area contributed by atoms with Crippen LogP contribution in [0, 0.1) is 5.82 Å². The fraction of sp³-hybridized carbons (Fsp3) is 0.467. The molecule has 1 unspecified atom stereocenters. The van der Waals surface area contributed by atoms with Crippen LogP contribution in [0.15, 0.2) is 28.8 Å². The van der Waals surface area contributed by atoms with Gasteiger partial charge in [-0.25, -0.2) is 12.8 Å². The summed E-state index contributed by atoms with van der Waals surface area (Å²) in [5.74, 6) is -0.183. The molecule has 0 aliphatic heterocycles. The summed E-state index contributed by atoms with van der Waals surface area (Å²) in [6.07, 6.45) is 0. The van der Waals surface area contributed by atoms with Crippen molar-refractivity contribution in [1.29, 1.82) is 0 Å². The monoisotopic (exact) mass is 326 g/mol. The Hall–Kier alpha value is -1.76. The average molecular weight is 326 g/mol. The summed E-state index contributed by atoms with van der Waals surface area (Å²) in [7, 11) is -3.52. The zero-order valence-corrected chi connectivity index (χ0v) is 13.8. The van der Waals surface area contributed by atoms with Gasteiger partial charge in [-0.15, -0.1) is 0 Å². The maximum atomic E-state index is 12.9. The molecule has 7 heteroatoms. The molecule has 0 N–H and O–H groups in total. The molecule has 22 heavy (non-hydrogen) atoms. The lowest BCUT2D eigenvalue weighted by molar-refractivity contribution is 0.319. The van der Waals surface area contributed by atoms with E-state index in [4.69, 9.17) is 4.52 Å². The van der Waals surface area contributed by atoms with Crippen molar-refractivity contribution in [2.75, 3.05) is 0 Å².